The van der Waals surface area contributed by atoms with Gasteiger partial charge in [-0.15, -0.1) is 0 Å². The van der Waals surface area contributed by atoms with Crippen LogP contribution in [0.3, 0.4) is 0 Å². The van der Waals surface area contributed by atoms with Gasteiger partial charge in [-0.2, -0.15) is 0 Å². The number of amides is 2. The molecule has 0 radical (unpaired) electrons. The van der Waals surface area contributed by atoms with E-state index in [-0.39, 0.29) is 36.2 Å². The van der Waals surface area contributed by atoms with E-state index in [1.165, 1.54) is 29.2 Å². The van der Waals surface area contributed by atoms with Crippen molar-refractivity contribution in [3.63, 3.8) is 0 Å². The SMILES string of the molecule is O=C(NC1CCCCC1)[C@H](Cc1ccccc1)N(Cc1ccccc1F)C(=O)COc1ccccc1F. The first-order valence-corrected chi connectivity index (χ1v) is 12.8. The van der Waals surface area contributed by atoms with Crippen LogP contribution in [0, 0.1) is 11.6 Å². The summed E-state index contributed by atoms with van der Waals surface area (Å²) in [6, 6.07) is 20.5. The van der Waals surface area contributed by atoms with Gasteiger partial charge in [0.1, 0.15) is 11.9 Å². The molecule has 194 valence electrons. The molecule has 4 rings (SSSR count). The first kappa shape index (κ1) is 26.3. The van der Waals surface area contributed by atoms with E-state index in [0.717, 1.165) is 37.7 Å². The molecule has 1 aliphatic rings. The molecule has 2 amide bonds. The van der Waals surface area contributed by atoms with Gasteiger partial charge in [-0.3, -0.25) is 9.59 Å². The van der Waals surface area contributed by atoms with Crippen LogP contribution in [-0.4, -0.2) is 35.4 Å². The predicted molar refractivity (Wildman–Crippen MR) is 138 cm³/mol. The summed E-state index contributed by atoms with van der Waals surface area (Å²) in [6.45, 7) is -0.612. The van der Waals surface area contributed by atoms with Crippen molar-refractivity contribution < 1.29 is 23.1 Å². The lowest BCUT2D eigenvalue weighted by molar-refractivity contribution is -0.143. The third-order valence-electron chi connectivity index (χ3n) is 6.71. The maximum absolute atomic E-state index is 14.7. The molecule has 3 aromatic carbocycles. The Bertz CT molecular complexity index is 1180. The quantitative estimate of drug-likeness (QED) is 0.399. The van der Waals surface area contributed by atoms with Gasteiger partial charge >= 0.3 is 0 Å². The zero-order valence-electron chi connectivity index (χ0n) is 20.7. The van der Waals surface area contributed by atoms with Gasteiger partial charge in [0, 0.05) is 24.6 Å². The van der Waals surface area contributed by atoms with Crippen molar-refractivity contribution >= 4 is 11.8 Å². The van der Waals surface area contributed by atoms with Crippen LogP contribution < -0.4 is 10.1 Å². The Kier molecular flexibility index (Phi) is 9.24. The van der Waals surface area contributed by atoms with E-state index in [0.29, 0.717) is 0 Å². The standard InChI is InChI=1S/C30H32F2N2O3/c31-25-16-8-7-13-23(25)20-34(29(35)21-37-28-18-10-9-17-26(28)32)27(19-22-11-3-1-4-12-22)30(36)33-24-14-5-2-6-15-24/h1,3-4,7-13,16-18,24,27H,2,5-6,14-15,19-21H2,(H,33,36)/t27-/m0/s1. The summed E-state index contributed by atoms with van der Waals surface area (Å²) in [6.07, 6.45) is 5.26. The molecule has 0 bridgehead atoms. The first-order chi connectivity index (χ1) is 18.0. The van der Waals surface area contributed by atoms with Crippen molar-refractivity contribution in [1.82, 2.24) is 10.2 Å². The van der Waals surface area contributed by atoms with Crippen LogP contribution in [0.5, 0.6) is 5.75 Å². The lowest BCUT2D eigenvalue weighted by atomic mass is 9.94. The molecule has 0 heterocycles. The Balaban J connectivity index is 1.62. The predicted octanol–water partition coefficient (Wildman–Crippen LogP) is 5.43. The van der Waals surface area contributed by atoms with Crippen LogP contribution in [-0.2, 0) is 22.6 Å². The maximum Gasteiger partial charge on any atom is 0.261 e. The molecule has 3 aromatic rings. The largest absolute Gasteiger partial charge is 0.481 e. The monoisotopic (exact) mass is 506 g/mol. The molecular weight excluding hydrogens is 474 g/mol. The molecule has 37 heavy (non-hydrogen) atoms. The summed E-state index contributed by atoms with van der Waals surface area (Å²) in [7, 11) is 0. The fourth-order valence-electron chi connectivity index (χ4n) is 4.69. The minimum absolute atomic E-state index is 0.0413. The molecule has 1 aliphatic carbocycles. The van der Waals surface area contributed by atoms with Gasteiger partial charge in [0.05, 0.1) is 0 Å². The molecular formula is C30H32F2N2O3. The number of hydrogen-bond acceptors (Lipinski definition) is 3. The summed E-state index contributed by atoms with van der Waals surface area (Å²) >= 11 is 0. The van der Waals surface area contributed by atoms with E-state index in [1.807, 2.05) is 30.3 Å². The van der Waals surface area contributed by atoms with Crippen LogP contribution in [0.15, 0.2) is 78.9 Å². The van der Waals surface area contributed by atoms with Gasteiger partial charge in [-0.25, -0.2) is 8.78 Å². The van der Waals surface area contributed by atoms with Crippen LogP contribution in [0.25, 0.3) is 0 Å². The van der Waals surface area contributed by atoms with Crippen molar-refractivity contribution in [1.29, 1.82) is 0 Å². The molecule has 0 aliphatic heterocycles. The Morgan fingerprint density at radius 1 is 0.865 bits per heavy atom. The molecule has 1 N–H and O–H groups in total. The lowest BCUT2D eigenvalue weighted by Crippen LogP contribution is -2.53. The number of ether oxygens (including phenoxy) is 1. The zero-order valence-corrected chi connectivity index (χ0v) is 20.7. The molecule has 1 fully saturated rings. The summed E-state index contributed by atoms with van der Waals surface area (Å²) in [4.78, 5) is 28.6. The number of nitrogens with one attached hydrogen (secondary N) is 1. The topological polar surface area (TPSA) is 58.6 Å². The molecule has 1 atom stereocenters. The van der Waals surface area contributed by atoms with Gasteiger partial charge in [0.25, 0.3) is 5.91 Å². The van der Waals surface area contributed by atoms with Gasteiger partial charge in [0.15, 0.2) is 18.2 Å². The zero-order chi connectivity index (χ0) is 26.0. The average Bonchev–Trinajstić information content (AvgIpc) is 2.92. The van der Waals surface area contributed by atoms with Gasteiger partial charge in [0.2, 0.25) is 5.91 Å². The van der Waals surface area contributed by atoms with E-state index in [4.69, 9.17) is 4.74 Å². The number of rotatable bonds is 10. The minimum atomic E-state index is -0.902. The molecule has 7 heteroatoms. The van der Waals surface area contributed by atoms with Crippen LogP contribution >= 0.6 is 0 Å². The number of hydrogen-bond donors (Lipinski definition) is 1. The number of para-hydroxylation sites is 1. The third kappa shape index (κ3) is 7.38. The lowest BCUT2D eigenvalue weighted by Gasteiger charge is -2.33. The van der Waals surface area contributed by atoms with Crippen molar-refractivity contribution in [2.24, 2.45) is 0 Å². The summed E-state index contributed by atoms with van der Waals surface area (Å²) in [5, 5.41) is 3.13. The second kappa shape index (κ2) is 13.0. The molecule has 0 unspecified atom stereocenters. The molecule has 5 nitrogen and oxygen atoms in total. The van der Waals surface area contributed by atoms with Gasteiger partial charge in [-0.05, 0) is 36.6 Å². The Hall–Kier alpha value is -3.74. The smallest absolute Gasteiger partial charge is 0.261 e. The number of carbonyl (C=O) groups excluding carboxylic acids is 2. The third-order valence-corrected chi connectivity index (χ3v) is 6.71. The highest BCUT2D eigenvalue weighted by Gasteiger charge is 2.32. The van der Waals surface area contributed by atoms with Crippen molar-refractivity contribution in [2.45, 2.75) is 57.2 Å². The summed E-state index contributed by atoms with van der Waals surface area (Å²) < 4.78 is 34.3. The Labute approximate surface area is 216 Å². The van der Waals surface area contributed by atoms with E-state index in [9.17, 15) is 18.4 Å². The van der Waals surface area contributed by atoms with E-state index >= 15 is 0 Å². The summed E-state index contributed by atoms with van der Waals surface area (Å²) in [5.41, 5.74) is 1.15. The molecule has 1 saturated carbocycles. The highest BCUT2D eigenvalue weighted by atomic mass is 19.1. The average molecular weight is 507 g/mol. The normalized spacial score (nSPS) is 14.5. The van der Waals surface area contributed by atoms with Gasteiger partial charge in [-0.1, -0.05) is 79.9 Å². The van der Waals surface area contributed by atoms with Crippen LogP contribution in [0.1, 0.15) is 43.2 Å². The number of halogens is 2. The maximum atomic E-state index is 14.7. The molecule has 0 aromatic heterocycles. The first-order valence-electron chi connectivity index (χ1n) is 12.8. The molecule has 0 saturated heterocycles. The second-order valence-corrected chi connectivity index (χ2v) is 9.38. The summed E-state index contributed by atoms with van der Waals surface area (Å²) in [5.74, 6) is -1.95. The number of benzene rings is 3. The second-order valence-electron chi connectivity index (χ2n) is 9.38. The van der Waals surface area contributed by atoms with Gasteiger partial charge < -0.3 is 15.0 Å². The van der Waals surface area contributed by atoms with Crippen LogP contribution in [0.2, 0.25) is 0 Å². The number of carbonyl (C=O) groups is 2. The van der Waals surface area contributed by atoms with E-state index in [2.05, 4.69) is 5.32 Å². The molecule has 0 spiro atoms. The Morgan fingerprint density at radius 2 is 1.51 bits per heavy atom. The fraction of sp³-hybridized carbons (Fsp3) is 0.333. The van der Waals surface area contributed by atoms with Crippen molar-refractivity contribution in [3.05, 3.63) is 102 Å². The minimum Gasteiger partial charge on any atom is -0.481 e. The Morgan fingerprint density at radius 3 is 2.22 bits per heavy atom. The van der Waals surface area contributed by atoms with Crippen molar-refractivity contribution in [3.8, 4) is 5.75 Å². The van der Waals surface area contributed by atoms with Crippen molar-refractivity contribution in [2.75, 3.05) is 6.61 Å². The fourth-order valence-corrected chi connectivity index (χ4v) is 4.69. The van der Waals surface area contributed by atoms with Crippen LogP contribution in [0.4, 0.5) is 8.78 Å². The highest BCUT2D eigenvalue weighted by molar-refractivity contribution is 5.88. The van der Waals surface area contributed by atoms with E-state index in [1.54, 1.807) is 24.3 Å². The van der Waals surface area contributed by atoms with E-state index < -0.39 is 30.2 Å². The highest BCUT2D eigenvalue weighted by Crippen LogP contribution is 2.21. The number of nitrogens with zero attached hydrogens (tertiary/aromatic N) is 1.